The zero-order valence-electron chi connectivity index (χ0n) is 15.8. The second kappa shape index (κ2) is 9.57. The van der Waals surface area contributed by atoms with Crippen LogP contribution in [0.1, 0.15) is 41.9 Å². The van der Waals surface area contributed by atoms with E-state index in [0.29, 0.717) is 35.5 Å². The van der Waals surface area contributed by atoms with Crippen molar-refractivity contribution in [3.8, 4) is 11.5 Å². The number of halogens is 1. The molecule has 148 valence electrons. The zero-order chi connectivity index (χ0) is 18.5. The van der Waals surface area contributed by atoms with Crippen molar-refractivity contribution in [1.82, 2.24) is 20.1 Å². The van der Waals surface area contributed by atoms with Gasteiger partial charge >= 0.3 is 0 Å². The smallest absolute Gasteiger partial charge is 0.258 e. The van der Waals surface area contributed by atoms with Gasteiger partial charge < -0.3 is 14.8 Å². The maximum atomic E-state index is 12.6. The molecule has 1 saturated heterocycles. The van der Waals surface area contributed by atoms with E-state index in [9.17, 15) is 4.79 Å². The topological polar surface area (TPSA) is 90.3 Å². The predicted molar refractivity (Wildman–Crippen MR) is 105 cm³/mol. The molecule has 0 bridgehead atoms. The molecule has 9 heteroatoms. The molecule has 1 fully saturated rings. The number of nitrogens with zero attached hydrogens (tertiary/aromatic N) is 3. The molecule has 3 rings (SSSR count). The monoisotopic (exact) mass is 395 g/mol. The van der Waals surface area contributed by atoms with Gasteiger partial charge in [-0.3, -0.25) is 10.1 Å². The fraction of sp³-hybridized carbons (Fsp3) is 0.500. The lowest BCUT2D eigenvalue weighted by atomic mass is 9.98. The summed E-state index contributed by atoms with van der Waals surface area (Å²) < 4.78 is 12.4. The van der Waals surface area contributed by atoms with Gasteiger partial charge in [0.05, 0.1) is 13.7 Å². The largest absolute Gasteiger partial charge is 0.493 e. The van der Waals surface area contributed by atoms with Crippen LogP contribution < -0.4 is 20.1 Å². The Bertz CT molecular complexity index is 774. The number of amides is 1. The highest BCUT2D eigenvalue weighted by atomic mass is 35.5. The first-order valence-electron chi connectivity index (χ1n) is 8.86. The van der Waals surface area contributed by atoms with Gasteiger partial charge in [-0.25, -0.2) is 4.68 Å². The van der Waals surface area contributed by atoms with Crippen LogP contribution in [0.2, 0.25) is 0 Å². The van der Waals surface area contributed by atoms with E-state index in [1.54, 1.807) is 37.0 Å². The van der Waals surface area contributed by atoms with Crippen LogP contribution in [-0.2, 0) is 7.05 Å². The number of carbonyl (C=O) groups is 1. The number of aryl methyl sites for hydroxylation is 1. The van der Waals surface area contributed by atoms with Crippen LogP contribution in [0.3, 0.4) is 0 Å². The molecule has 2 aromatic rings. The van der Waals surface area contributed by atoms with Crippen LogP contribution in [-0.4, -0.2) is 47.5 Å². The van der Waals surface area contributed by atoms with Gasteiger partial charge in [-0.05, 0) is 51.1 Å². The molecule has 0 radical (unpaired) electrons. The lowest BCUT2D eigenvalue weighted by Crippen LogP contribution is -2.27. The van der Waals surface area contributed by atoms with Crippen molar-refractivity contribution in [3.63, 3.8) is 0 Å². The highest BCUT2D eigenvalue weighted by Crippen LogP contribution is 2.28. The lowest BCUT2D eigenvalue weighted by molar-refractivity contribution is 0.102. The summed E-state index contributed by atoms with van der Waals surface area (Å²) in [5.41, 5.74) is 0.469. The average molecular weight is 396 g/mol. The lowest BCUT2D eigenvalue weighted by Gasteiger charge is -2.19. The number of hydrogen-bond donors (Lipinski definition) is 2. The molecule has 27 heavy (non-hydrogen) atoms. The number of ether oxygens (including phenoxy) is 2. The molecule has 0 unspecified atom stereocenters. The van der Waals surface area contributed by atoms with Gasteiger partial charge in [0.1, 0.15) is 0 Å². The van der Waals surface area contributed by atoms with Crippen molar-refractivity contribution >= 4 is 24.3 Å². The Balaban J connectivity index is 0.00000261. The van der Waals surface area contributed by atoms with E-state index >= 15 is 0 Å². The van der Waals surface area contributed by atoms with Gasteiger partial charge in [-0.2, -0.15) is 10.1 Å². The van der Waals surface area contributed by atoms with Crippen molar-refractivity contribution < 1.29 is 14.3 Å². The molecular weight excluding hydrogens is 370 g/mol. The van der Waals surface area contributed by atoms with Crippen molar-refractivity contribution in [2.45, 2.75) is 25.7 Å². The summed E-state index contributed by atoms with van der Waals surface area (Å²) in [4.78, 5) is 17.1. The third-order valence-corrected chi connectivity index (χ3v) is 4.43. The van der Waals surface area contributed by atoms with E-state index in [0.717, 1.165) is 31.8 Å². The van der Waals surface area contributed by atoms with E-state index in [2.05, 4.69) is 20.7 Å². The van der Waals surface area contributed by atoms with Crippen LogP contribution in [0.25, 0.3) is 0 Å². The standard InChI is InChI=1S/C18H25N5O3.ClH/c1-4-26-14-6-5-13(11-15(14)25-3)17(24)21-18-20-16(22-23(18)2)12-7-9-19-10-8-12;/h5-6,11-12,19H,4,7-10H2,1-3H3,(H,20,21,22,24);1H. The van der Waals surface area contributed by atoms with E-state index in [4.69, 9.17) is 9.47 Å². The quantitative estimate of drug-likeness (QED) is 0.780. The maximum Gasteiger partial charge on any atom is 0.258 e. The summed E-state index contributed by atoms with van der Waals surface area (Å²) >= 11 is 0. The molecule has 1 aromatic carbocycles. The first-order valence-corrected chi connectivity index (χ1v) is 8.86. The molecule has 1 aromatic heterocycles. The van der Waals surface area contributed by atoms with Crippen molar-refractivity contribution in [2.24, 2.45) is 7.05 Å². The molecule has 0 atom stereocenters. The van der Waals surface area contributed by atoms with Crippen LogP contribution in [0.5, 0.6) is 11.5 Å². The van der Waals surface area contributed by atoms with Gasteiger partial charge in [0.2, 0.25) is 5.95 Å². The van der Waals surface area contributed by atoms with Crippen LogP contribution in [0.15, 0.2) is 18.2 Å². The molecule has 2 N–H and O–H groups in total. The third kappa shape index (κ3) is 4.90. The highest BCUT2D eigenvalue weighted by molar-refractivity contribution is 6.03. The maximum absolute atomic E-state index is 12.6. The Kier molecular flexibility index (Phi) is 7.44. The fourth-order valence-corrected chi connectivity index (χ4v) is 3.02. The number of methoxy groups -OCH3 is 1. The molecule has 2 heterocycles. The highest BCUT2D eigenvalue weighted by Gasteiger charge is 2.21. The second-order valence-electron chi connectivity index (χ2n) is 6.19. The summed E-state index contributed by atoms with van der Waals surface area (Å²) in [6.07, 6.45) is 2.01. The minimum absolute atomic E-state index is 0. The Morgan fingerprint density at radius 1 is 1.33 bits per heavy atom. The van der Waals surface area contributed by atoms with E-state index in [1.165, 1.54) is 0 Å². The van der Waals surface area contributed by atoms with Crippen LogP contribution in [0, 0.1) is 0 Å². The number of carbonyl (C=O) groups excluding carboxylic acids is 1. The number of benzene rings is 1. The molecule has 1 aliphatic heterocycles. The normalized spacial score (nSPS) is 14.3. The average Bonchev–Trinajstić information content (AvgIpc) is 3.03. The van der Waals surface area contributed by atoms with E-state index in [-0.39, 0.29) is 18.3 Å². The Morgan fingerprint density at radius 2 is 2.07 bits per heavy atom. The minimum atomic E-state index is -0.265. The summed E-state index contributed by atoms with van der Waals surface area (Å²) in [7, 11) is 3.33. The summed E-state index contributed by atoms with van der Waals surface area (Å²) in [6.45, 7) is 4.36. The Labute approximate surface area is 165 Å². The van der Waals surface area contributed by atoms with Crippen molar-refractivity contribution in [1.29, 1.82) is 0 Å². The Hall–Kier alpha value is -2.32. The number of nitrogens with one attached hydrogen (secondary N) is 2. The van der Waals surface area contributed by atoms with Crippen molar-refractivity contribution in [3.05, 3.63) is 29.6 Å². The first-order chi connectivity index (χ1) is 12.6. The van der Waals surface area contributed by atoms with E-state index in [1.807, 2.05) is 6.92 Å². The third-order valence-electron chi connectivity index (χ3n) is 4.43. The van der Waals surface area contributed by atoms with Crippen molar-refractivity contribution in [2.75, 3.05) is 32.1 Å². The predicted octanol–water partition coefficient (Wildman–Crippen LogP) is 2.36. The van der Waals surface area contributed by atoms with Crippen LogP contribution >= 0.6 is 12.4 Å². The Morgan fingerprint density at radius 3 is 2.74 bits per heavy atom. The SMILES string of the molecule is CCOc1ccc(C(=O)Nc2nc(C3CCNCC3)nn2C)cc1OC.Cl. The first kappa shape index (κ1) is 21.0. The second-order valence-corrected chi connectivity index (χ2v) is 6.19. The van der Waals surface area contributed by atoms with Gasteiger partial charge in [-0.15, -0.1) is 12.4 Å². The van der Waals surface area contributed by atoms with Gasteiger partial charge in [0.25, 0.3) is 5.91 Å². The fourth-order valence-electron chi connectivity index (χ4n) is 3.02. The van der Waals surface area contributed by atoms with Gasteiger partial charge in [-0.1, -0.05) is 0 Å². The van der Waals surface area contributed by atoms with E-state index < -0.39 is 0 Å². The molecule has 0 saturated carbocycles. The zero-order valence-corrected chi connectivity index (χ0v) is 16.6. The molecule has 0 spiro atoms. The number of rotatable bonds is 6. The number of aromatic nitrogens is 3. The number of anilines is 1. The molecule has 8 nitrogen and oxygen atoms in total. The number of hydrogen-bond acceptors (Lipinski definition) is 6. The van der Waals surface area contributed by atoms with Gasteiger partial charge in [0, 0.05) is 18.5 Å². The molecule has 0 aliphatic carbocycles. The molecule has 1 aliphatic rings. The van der Waals surface area contributed by atoms with Crippen LogP contribution in [0.4, 0.5) is 5.95 Å². The summed E-state index contributed by atoms with van der Waals surface area (Å²) in [5.74, 6) is 2.42. The summed E-state index contributed by atoms with van der Waals surface area (Å²) in [6, 6.07) is 5.09. The molecule has 1 amide bonds. The molecular formula is C18H26ClN5O3. The minimum Gasteiger partial charge on any atom is -0.493 e. The summed E-state index contributed by atoms with van der Waals surface area (Å²) in [5, 5.41) is 10.6. The van der Waals surface area contributed by atoms with Gasteiger partial charge in [0.15, 0.2) is 17.3 Å². The number of piperidine rings is 1.